The van der Waals surface area contributed by atoms with Gasteiger partial charge in [0.15, 0.2) is 0 Å². The van der Waals surface area contributed by atoms with Crippen molar-refractivity contribution in [2.75, 3.05) is 25.0 Å². The molecule has 1 N–H and O–H groups in total. The Morgan fingerprint density at radius 1 is 1.33 bits per heavy atom. The molecule has 1 unspecified atom stereocenters. The molecule has 0 radical (unpaired) electrons. The Balaban J connectivity index is 1.95. The van der Waals surface area contributed by atoms with Crippen LogP contribution in [0.1, 0.15) is 39.5 Å². The van der Waals surface area contributed by atoms with Crippen LogP contribution in [0.5, 0.6) is 5.75 Å². The molecule has 2 rings (SSSR count). The summed E-state index contributed by atoms with van der Waals surface area (Å²) < 4.78 is 5.54. The number of ether oxygens (including phenoxy) is 1. The molecule has 1 heterocycles. The minimum atomic E-state index is 0.0440. The molecule has 1 atom stereocenters. The van der Waals surface area contributed by atoms with E-state index in [0.29, 0.717) is 19.2 Å². The molecule has 4 nitrogen and oxygen atoms in total. The number of nitrogens with one attached hydrogen (secondary N) is 1. The molecule has 1 aromatic rings. The van der Waals surface area contributed by atoms with Gasteiger partial charge in [0.1, 0.15) is 5.75 Å². The van der Waals surface area contributed by atoms with E-state index in [0.717, 1.165) is 24.4 Å². The Labute approximate surface area is 127 Å². The fourth-order valence-electron chi connectivity index (χ4n) is 2.96. The first-order chi connectivity index (χ1) is 10.2. The van der Waals surface area contributed by atoms with Crippen molar-refractivity contribution in [3.05, 3.63) is 24.3 Å². The van der Waals surface area contributed by atoms with Crippen LogP contribution in [0.2, 0.25) is 0 Å². The number of piperidine rings is 1. The van der Waals surface area contributed by atoms with Crippen molar-refractivity contribution in [2.24, 2.45) is 0 Å². The molecule has 1 aliphatic heterocycles. The molecule has 0 aromatic heterocycles. The van der Waals surface area contributed by atoms with E-state index in [9.17, 15) is 4.79 Å². The lowest BCUT2D eigenvalue weighted by Gasteiger charge is -2.34. The number of amides is 1. The fourth-order valence-corrected chi connectivity index (χ4v) is 2.96. The predicted octanol–water partition coefficient (Wildman–Crippen LogP) is 3.29. The minimum absolute atomic E-state index is 0.0440. The van der Waals surface area contributed by atoms with Crippen LogP contribution < -0.4 is 10.1 Å². The first-order valence-corrected chi connectivity index (χ1v) is 8.00. The summed E-state index contributed by atoms with van der Waals surface area (Å²) in [5.74, 6) is 0.779. The number of likely N-dealkylation sites (tertiary alicyclic amines) is 1. The molecule has 21 heavy (non-hydrogen) atoms. The molecule has 1 aliphatic rings. The average molecular weight is 290 g/mol. The third kappa shape index (κ3) is 4.46. The Bertz CT molecular complexity index is 462. The number of benzene rings is 1. The SMILES string of the molecule is CCOc1ccccc1NC(=O)CN1CCCCC1CC. The van der Waals surface area contributed by atoms with E-state index in [1.165, 1.54) is 19.3 Å². The molecular formula is C17H26N2O2. The van der Waals surface area contributed by atoms with Gasteiger partial charge in [-0.2, -0.15) is 0 Å². The van der Waals surface area contributed by atoms with Crippen LogP contribution in [-0.4, -0.2) is 36.5 Å². The Morgan fingerprint density at radius 2 is 2.14 bits per heavy atom. The normalized spacial score (nSPS) is 19.2. The number of rotatable bonds is 6. The zero-order chi connectivity index (χ0) is 15.1. The number of para-hydroxylation sites is 2. The summed E-state index contributed by atoms with van der Waals surface area (Å²) in [5.41, 5.74) is 0.759. The number of carbonyl (C=O) groups excluding carboxylic acids is 1. The molecule has 0 bridgehead atoms. The van der Waals surface area contributed by atoms with Crippen molar-refractivity contribution in [3.8, 4) is 5.75 Å². The maximum atomic E-state index is 12.3. The second-order valence-electron chi connectivity index (χ2n) is 5.51. The van der Waals surface area contributed by atoms with Crippen molar-refractivity contribution < 1.29 is 9.53 Å². The maximum Gasteiger partial charge on any atom is 0.238 e. The summed E-state index contributed by atoms with van der Waals surface area (Å²) in [6.07, 6.45) is 4.80. The van der Waals surface area contributed by atoms with E-state index in [1.54, 1.807) is 0 Å². The number of nitrogens with zero attached hydrogens (tertiary/aromatic N) is 1. The lowest BCUT2D eigenvalue weighted by Crippen LogP contribution is -2.43. The molecule has 1 amide bonds. The van der Waals surface area contributed by atoms with Gasteiger partial charge in [-0.25, -0.2) is 0 Å². The average Bonchev–Trinajstić information content (AvgIpc) is 2.50. The van der Waals surface area contributed by atoms with Gasteiger partial charge in [0.2, 0.25) is 5.91 Å². The number of hydrogen-bond acceptors (Lipinski definition) is 3. The van der Waals surface area contributed by atoms with Gasteiger partial charge in [0, 0.05) is 6.04 Å². The van der Waals surface area contributed by atoms with Crippen LogP contribution in [0, 0.1) is 0 Å². The van der Waals surface area contributed by atoms with Crippen LogP contribution >= 0.6 is 0 Å². The predicted molar refractivity (Wildman–Crippen MR) is 85.7 cm³/mol. The topological polar surface area (TPSA) is 41.6 Å². The second kappa shape index (κ2) is 8.03. The van der Waals surface area contributed by atoms with Crippen LogP contribution in [0.4, 0.5) is 5.69 Å². The lowest BCUT2D eigenvalue weighted by atomic mass is 10.00. The Morgan fingerprint density at radius 3 is 2.90 bits per heavy atom. The van der Waals surface area contributed by atoms with Gasteiger partial charge in [-0.05, 0) is 44.9 Å². The third-order valence-corrected chi connectivity index (χ3v) is 4.03. The second-order valence-corrected chi connectivity index (χ2v) is 5.51. The molecule has 0 spiro atoms. The first kappa shape index (κ1) is 15.8. The van der Waals surface area contributed by atoms with E-state index < -0.39 is 0 Å². The van der Waals surface area contributed by atoms with Gasteiger partial charge in [-0.3, -0.25) is 9.69 Å². The van der Waals surface area contributed by atoms with Crippen LogP contribution in [-0.2, 0) is 4.79 Å². The monoisotopic (exact) mass is 290 g/mol. The van der Waals surface area contributed by atoms with Crippen molar-refractivity contribution in [2.45, 2.75) is 45.6 Å². The highest BCUT2D eigenvalue weighted by atomic mass is 16.5. The highest BCUT2D eigenvalue weighted by molar-refractivity contribution is 5.93. The summed E-state index contributed by atoms with van der Waals surface area (Å²) in [5, 5.41) is 2.98. The summed E-state index contributed by atoms with van der Waals surface area (Å²) in [6.45, 7) is 6.23. The first-order valence-electron chi connectivity index (χ1n) is 8.00. The maximum absolute atomic E-state index is 12.3. The highest BCUT2D eigenvalue weighted by Gasteiger charge is 2.22. The van der Waals surface area contributed by atoms with Crippen LogP contribution in [0.15, 0.2) is 24.3 Å². The van der Waals surface area contributed by atoms with Crippen LogP contribution in [0.25, 0.3) is 0 Å². The number of carbonyl (C=O) groups is 1. The van der Waals surface area contributed by atoms with Crippen molar-refractivity contribution in [3.63, 3.8) is 0 Å². The number of anilines is 1. The molecule has 4 heteroatoms. The summed E-state index contributed by atoms with van der Waals surface area (Å²) in [4.78, 5) is 14.6. The minimum Gasteiger partial charge on any atom is -0.492 e. The van der Waals surface area contributed by atoms with Gasteiger partial charge in [-0.15, -0.1) is 0 Å². The van der Waals surface area contributed by atoms with E-state index in [2.05, 4.69) is 17.1 Å². The van der Waals surface area contributed by atoms with Gasteiger partial charge in [-0.1, -0.05) is 25.5 Å². The van der Waals surface area contributed by atoms with E-state index >= 15 is 0 Å². The summed E-state index contributed by atoms with van der Waals surface area (Å²) in [7, 11) is 0. The number of hydrogen-bond donors (Lipinski definition) is 1. The Hall–Kier alpha value is -1.55. The smallest absolute Gasteiger partial charge is 0.238 e. The fraction of sp³-hybridized carbons (Fsp3) is 0.588. The van der Waals surface area contributed by atoms with Gasteiger partial charge < -0.3 is 10.1 Å². The molecule has 1 aromatic carbocycles. The Kier molecular flexibility index (Phi) is 6.05. The summed E-state index contributed by atoms with van der Waals surface area (Å²) in [6, 6.07) is 8.14. The molecule has 0 saturated carbocycles. The quantitative estimate of drug-likeness (QED) is 0.874. The third-order valence-electron chi connectivity index (χ3n) is 4.03. The molecule has 1 fully saturated rings. The van der Waals surface area contributed by atoms with E-state index in [4.69, 9.17) is 4.74 Å². The van der Waals surface area contributed by atoms with E-state index in [-0.39, 0.29) is 5.91 Å². The van der Waals surface area contributed by atoms with Crippen LogP contribution in [0.3, 0.4) is 0 Å². The largest absolute Gasteiger partial charge is 0.492 e. The van der Waals surface area contributed by atoms with Gasteiger partial charge in [0.25, 0.3) is 0 Å². The molecule has 1 saturated heterocycles. The molecule has 116 valence electrons. The molecular weight excluding hydrogens is 264 g/mol. The van der Waals surface area contributed by atoms with E-state index in [1.807, 2.05) is 31.2 Å². The van der Waals surface area contributed by atoms with Gasteiger partial charge in [0.05, 0.1) is 18.8 Å². The lowest BCUT2D eigenvalue weighted by molar-refractivity contribution is -0.118. The zero-order valence-corrected chi connectivity index (χ0v) is 13.1. The highest BCUT2D eigenvalue weighted by Crippen LogP contribution is 2.24. The molecule has 0 aliphatic carbocycles. The standard InChI is InChI=1S/C17H26N2O2/c1-3-14-9-7-8-12-19(14)13-17(20)18-15-10-5-6-11-16(15)21-4-2/h5-6,10-11,14H,3-4,7-9,12-13H2,1-2H3,(H,18,20). The van der Waals surface area contributed by atoms with Gasteiger partial charge >= 0.3 is 0 Å². The van der Waals surface area contributed by atoms with Crippen molar-refractivity contribution in [1.29, 1.82) is 0 Å². The zero-order valence-electron chi connectivity index (χ0n) is 13.1. The van der Waals surface area contributed by atoms with Crippen molar-refractivity contribution in [1.82, 2.24) is 4.90 Å². The van der Waals surface area contributed by atoms with Crippen molar-refractivity contribution >= 4 is 11.6 Å². The summed E-state index contributed by atoms with van der Waals surface area (Å²) >= 11 is 0.